The number of ether oxygens (including phenoxy) is 2. The van der Waals surface area contributed by atoms with Crippen LogP contribution in [0.1, 0.15) is 18.4 Å². The van der Waals surface area contributed by atoms with E-state index in [1.54, 1.807) is 30.3 Å². The molecule has 2 aliphatic rings. The minimum absolute atomic E-state index is 0.0864. The molecule has 3 aromatic rings. The Labute approximate surface area is 193 Å². The molecule has 2 aromatic carbocycles. The van der Waals surface area contributed by atoms with E-state index in [-0.39, 0.29) is 54.3 Å². The van der Waals surface area contributed by atoms with Crippen molar-refractivity contribution in [3.8, 4) is 17.1 Å². The lowest BCUT2D eigenvalue weighted by Gasteiger charge is -2.32. The van der Waals surface area contributed by atoms with Gasteiger partial charge in [0.05, 0.1) is 41.0 Å². The molecule has 0 saturated heterocycles. The van der Waals surface area contributed by atoms with E-state index in [0.717, 1.165) is 5.56 Å². The number of nitrogens with one attached hydrogen (secondary N) is 1. The Bertz CT molecular complexity index is 1330. The number of amides is 1. The molecular weight excluding hydrogens is 450 g/mol. The van der Waals surface area contributed by atoms with Gasteiger partial charge in [-0.2, -0.15) is 0 Å². The van der Waals surface area contributed by atoms with E-state index in [0.29, 0.717) is 40.3 Å². The average Bonchev–Trinajstić information content (AvgIpc) is 3.10. The normalized spacial score (nSPS) is 19.1. The summed E-state index contributed by atoms with van der Waals surface area (Å²) >= 11 is 6.25. The van der Waals surface area contributed by atoms with Crippen molar-refractivity contribution in [2.45, 2.75) is 25.4 Å². The molecule has 1 saturated carbocycles. The van der Waals surface area contributed by atoms with Crippen LogP contribution in [0.3, 0.4) is 0 Å². The predicted molar refractivity (Wildman–Crippen MR) is 121 cm³/mol. The van der Waals surface area contributed by atoms with Crippen molar-refractivity contribution < 1.29 is 28.6 Å². The number of halogens is 1. The number of benzene rings is 2. The van der Waals surface area contributed by atoms with Gasteiger partial charge >= 0.3 is 5.97 Å². The topological polar surface area (TPSA) is 115 Å². The molecule has 1 aromatic heterocycles. The Morgan fingerprint density at radius 1 is 1.18 bits per heavy atom. The van der Waals surface area contributed by atoms with E-state index in [1.165, 1.54) is 6.07 Å². The SMILES string of the molecule is O=C1Cc2cc(OCCO[C@H]3C[C@@H](C(=O)O)C3)c(-c3cc(=O)c4cccc(Cl)c4o3)cc2N1. The number of anilines is 1. The molecule has 1 fully saturated rings. The molecule has 8 nitrogen and oxygen atoms in total. The number of aliphatic carboxylic acids is 1. The average molecular weight is 470 g/mol. The largest absolute Gasteiger partial charge is 0.490 e. The number of carboxylic acid groups (broad SMARTS) is 1. The van der Waals surface area contributed by atoms with Crippen LogP contribution < -0.4 is 15.5 Å². The van der Waals surface area contributed by atoms with Crippen molar-refractivity contribution in [1.29, 1.82) is 0 Å². The van der Waals surface area contributed by atoms with Gasteiger partial charge < -0.3 is 24.3 Å². The lowest BCUT2D eigenvalue weighted by atomic mass is 9.82. The first-order chi connectivity index (χ1) is 15.9. The summed E-state index contributed by atoms with van der Waals surface area (Å²) in [6.45, 7) is 0.484. The van der Waals surface area contributed by atoms with E-state index in [4.69, 9.17) is 30.6 Å². The number of hydrogen-bond donors (Lipinski definition) is 2. The lowest BCUT2D eigenvalue weighted by molar-refractivity contribution is -0.151. The Hall–Kier alpha value is -3.36. The maximum atomic E-state index is 12.7. The molecule has 5 rings (SSSR count). The zero-order valence-electron chi connectivity index (χ0n) is 17.4. The van der Waals surface area contributed by atoms with Gasteiger partial charge in [-0.15, -0.1) is 0 Å². The van der Waals surface area contributed by atoms with E-state index in [1.807, 2.05) is 0 Å². The number of hydrogen-bond acceptors (Lipinski definition) is 6. The molecule has 1 aliphatic heterocycles. The summed E-state index contributed by atoms with van der Waals surface area (Å²) in [6.07, 6.45) is 1.14. The first-order valence-corrected chi connectivity index (χ1v) is 10.9. The van der Waals surface area contributed by atoms with Crippen molar-refractivity contribution in [3.05, 3.63) is 57.2 Å². The molecule has 0 spiro atoms. The highest BCUT2D eigenvalue weighted by Crippen LogP contribution is 2.39. The number of carbonyl (C=O) groups is 2. The Kier molecular flexibility index (Phi) is 5.55. The molecule has 0 atom stereocenters. The quantitative estimate of drug-likeness (QED) is 0.505. The van der Waals surface area contributed by atoms with Crippen molar-refractivity contribution in [2.24, 2.45) is 5.92 Å². The second-order valence-corrected chi connectivity index (χ2v) is 8.58. The van der Waals surface area contributed by atoms with Crippen LogP contribution in [-0.4, -0.2) is 36.3 Å². The van der Waals surface area contributed by atoms with Crippen molar-refractivity contribution in [2.75, 3.05) is 18.5 Å². The molecular formula is C24H20ClNO7. The van der Waals surface area contributed by atoms with Crippen molar-refractivity contribution in [3.63, 3.8) is 0 Å². The van der Waals surface area contributed by atoms with Crippen LogP contribution in [0.2, 0.25) is 5.02 Å². The first kappa shape index (κ1) is 21.5. The van der Waals surface area contributed by atoms with Gasteiger partial charge in [0.15, 0.2) is 11.0 Å². The third-order valence-electron chi connectivity index (χ3n) is 5.94. The fourth-order valence-electron chi connectivity index (χ4n) is 4.11. The van der Waals surface area contributed by atoms with Gasteiger partial charge in [0, 0.05) is 11.8 Å². The minimum Gasteiger partial charge on any atom is -0.490 e. The fourth-order valence-corrected chi connectivity index (χ4v) is 4.32. The Morgan fingerprint density at radius 3 is 2.79 bits per heavy atom. The van der Waals surface area contributed by atoms with Crippen LogP contribution in [0.5, 0.6) is 5.75 Å². The lowest BCUT2D eigenvalue weighted by Crippen LogP contribution is -2.37. The van der Waals surface area contributed by atoms with Gasteiger partial charge in [-0.05, 0) is 42.7 Å². The van der Waals surface area contributed by atoms with Crippen LogP contribution in [0, 0.1) is 5.92 Å². The van der Waals surface area contributed by atoms with Gasteiger partial charge in [-0.3, -0.25) is 14.4 Å². The second-order valence-electron chi connectivity index (χ2n) is 8.17. The highest BCUT2D eigenvalue weighted by atomic mass is 35.5. The number of rotatable bonds is 7. The third kappa shape index (κ3) is 4.19. The maximum Gasteiger partial charge on any atom is 0.306 e. The summed E-state index contributed by atoms with van der Waals surface area (Å²) in [5.74, 6) is -0.553. The molecule has 2 N–H and O–H groups in total. The molecule has 2 heterocycles. The molecule has 1 aliphatic carbocycles. The summed E-state index contributed by atoms with van der Waals surface area (Å²) in [4.78, 5) is 35.5. The van der Waals surface area contributed by atoms with Gasteiger partial charge in [0.2, 0.25) is 5.91 Å². The second kappa shape index (κ2) is 8.53. The molecule has 1 amide bonds. The van der Waals surface area contributed by atoms with Gasteiger partial charge in [-0.25, -0.2) is 0 Å². The van der Waals surface area contributed by atoms with E-state index < -0.39 is 5.97 Å². The Morgan fingerprint density at radius 2 is 2.00 bits per heavy atom. The maximum absolute atomic E-state index is 12.7. The monoisotopic (exact) mass is 469 g/mol. The van der Waals surface area contributed by atoms with Crippen molar-refractivity contribution in [1.82, 2.24) is 0 Å². The standard InChI is InChI=1S/C24H20ClNO7/c25-17-3-1-2-15-19(27)11-21(33-23(15)17)16-10-18-12(9-22(28)26-18)8-20(16)32-5-4-31-14-6-13(7-14)24(29)30/h1-3,8,10-11,13-14H,4-7,9H2,(H,26,28)(H,29,30)/t13-,14+. The summed E-state index contributed by atoms with van der Waals surface area (Å²) in [6, 6.07) is 9.82. The molecule has 0 unspecified atom stereocenters. The number of carbonyl (C=O) groups excluding carboxylic acids is 1. The van der Waals surface area contributed by atoms with Crippen molar-refractivity contribution >= 4 is 40.1 Å². The van der Waals surface area contributed by atoms with Crippen LogP contribution in [0.15, 0.2) is 45.6 Å². The van der Waals surface area contributed by atoms with Crippen LogP contribution in [-0.2, 0) is 20.7 Å². The summed E-state index contributed by atoms with van der Waals surface area (Å²) in [5.41, 5.74) is 1.95. The zero-order valence-corrected chi connectivity index (χ0v) is 18.2. The molecule has 33 heavy (non-hydrogen) atoms. The molecule has 9 heteroatoms. The highest BCUT2D eigenvalue weighted by molar-refractivity contribution is 6.34. The highest BCUT2D eigenvalue weighted by Gasteiger charge is 2.35. The van der Waals surface area contributed by atoms with Crippen LogP contribution in [0.4, 0.5) is 5.69 Å². The third-order valence-corrected chi connectivity index (χ3v) is 6.24. The van der Waals surface area contributed by atoms with E-state index in [9.17, 15) is 14.4 Å². The molecule has 170 valence electrons. The summed E-state index contributed by atoms with van der Waals surface area (Å²) < 4.78 is 17.6. The number of carboxylic acids is 1. The summed E-state index contributed by atoms with van der Waals surface area (Å²) in [5, 5.41) is 12.4. The predicted octanol–water partition coefficient (Wildman–Crippen LogP) is 3.87. The fraction of sp³-hybridized carbons (Fsp3) is 0.292. The van der Waals surface area contributed by atoms with E-state index in [2.05, 4.69) is 5.32 Å². The zero-order chi connectivity index (χ0) is 23.1. The number of fused-ring (bicyclic) bond motifs is 2. The molecule has 0 radical (unpaired) electrons. The van der Waals surface area contributed by atoms with Gasteiger partial charge in [0.25, 0.3) is 0 Å². The summed E-state index contributed by atoms with van der Waals surface area (Å²) in [7, 11) is 0. The number of para-hydroxylation sites is 1. The first-order valence-electron chi connectivity index (χ1n) is 10.6. The van der Waals surface area contributed by atoms with E-state index >= 15 is 0 Å². The van der Waals surface area contributed by atoms with Crippen LogP contribution in [0.25, 0.3) is 22.3 Å². The van der Waals surface area contributed by atoms with Crippen LogP contribution >= 0.6 is 11.6 Å². The smallest absolute Gasteiger partial charge is 0.306 e. The molecule has 0 bridgehead atoms. The van der Waals surface area contributed by atoms with Gasteiger partial charge in [-0.1, -0.05) is 17.7 Å². The van der Waals surface area contributed by atoms with Gasteiger partial charge in [0.1, 0.15) is 18.1 Å². The minimum atomic E-state index is -0.797. The Balaban J connectivity index is 1.40.